The van der Waals surface area contributed by atoms with Gasteiger partial charge in [0, 0.05) is 6.04 Å². The Morgan fingerprint density at radius 2 is 2.05 bits per heavy atom. The molecule has 1 amide bonds. The van der Waals surface area contributed by atoms with E-state index < -0.39 is 23.9 Å². The molecule has 2 rings (SSSR count). The summed E-state index contributed by atoms with van der Waals surface area (Å²) in [6.45, 7) is 0.606. The van der Waals surface area contributed by atoms with Gasteiger partial charge in [0.25, 0.3) is 0 Å². The molecular formula is C13H15F3N2O3. The van der Waals surface area contributed by atoms with Crippen LogP contribution in [0.5, 0.6) is 5.75 Å². The Kier molecular flexibility index (Phi) is 4.69. The third-order valence-corrected chi connectivity index (χ3v) is 3.16. The summed E-state index contributed by atoms with van der Waals surface area (Å²) in [6, 6.07) is 5.24. The first kappa shape index (κ1) is 15.6. The number of carbonyl (C=O) groups excluding carboxylic acids is 1. The Balaban J connectivity index is 2.10. The fourth-order valence-electron chi connectivity index (χ4n) is 2.11. The number of nitrogens with one attached hydrogen (secondary N) is 2. The number of benzene rings is 1. The molecule has 1 aromatic rings. The number of anilines is 1. The minimum Gasteiger partial charge on any atom is -0.404 e. The summed E-state index contributed by atoms with van der Waals surface area (Å²) in [7, 11) is 1.69. The highest BCUT2D eigenvalue weighted by Crippen LogP contribution is 2.30. The Labute approximate surface area is 119 Å². The molecule has 8 heteroatoms. The quantitative estimate of drug-likeness (QED) is 0.890. The number of alkyl halides is 3. The minimum absolute atomic E-state index is 0.0263. The van der Waals surface area contributed by atoms with E-state index in [1.54, 1.807) is 7.05 Å². The second-order valence-corrected chi connectivity index (χ2v) is 4.57. The highest BCUT2D eigenvalue weighted by Gasteiger charge is 2.35. The van der Waals surface area contributed by atoms with Crippen molar-refractivity contribution in [1.29, 1.82) is 0 Å². The van der Waals surface area contributed by atoms with Gasteiger partial charge < -0.3 is 20.1 Å². The molecule has 0 saturated carbocycles. The number of rotatable bonds is 4. The predicted octanol–water partition coefficient (Wildman–Crippen LogP) is 1.76. The van der Waals surface area contributed by atoms with Gasteiger partial charge in [-0.1, -0.05) is 12.1 Å². The monoisotopic (exact) mass is 304 g/mol. The second-order valence-electron chi connectivity index (χ2n) is 4.57. The largest absolute Gasteiger partial charge is 0.573 e. The number of halogens is 3. The fraction of sp³-hybridized carbons (Fsp3) is 0.462. The first-order valence-corrected chi connectivity index (χ1v) is 6.31. The SMILES string of the molecule is CNC1COCC1C(=O)Nc1ccccc1OC(F)(F)F. The van der Waals surface area contributed by atoms with E-state index in [2.05, 4.69) is 15.4 Å². The summed E-state index contributed by atoms with van der Waals surface area (Å²) in [5, 5.41) is 5.39. The van der Waals surface area contributed by atoms with Crippen LogP contribution in [0.3, 0.4) is 0 Å². The normalized spacial score (nSPS) is 22.1. The first-order valence-electron chi connectivity index (χ1n) is 6.31. The molecule has 0 bridgehead atoms. The number of carbonyl (C=O) groups is 1. The molecule has 2 atom stereocenters. The van der Waals surface area contributed by atoms with E-state index in [1.165, 1.54) is 18.2 Å². The highest BCUT2D eigenvalue weighted by atomic mass is 19.4. The van der Waals surface area contributed by atoms with Crippen molar-refractivity contribution in [2.45, 2.75) is 12.4 Å². The van der Waals surface area contributed by atoms with Crippen LogP contribution in [0.25, 0.3) is 0 Å². The number of hydrogen-bond acceptors (Lipinski definition) is 4. The maximum absolute atomic E-state index is 12.3. The molecule has 1 heterocycles. The van der Waals surface area contributed by atoms with Crippen LogP contribution in [-0.2, 0) is 9.53 Å². The van der Waals surface area contributed by atoms with Gasteiger partial charge in [-0.25, -0.2) is 0 Å². The van der Waals surface area contributed by atoms with E-state index in [4.69, 9.17) is 4.74 Å². The van der Waals surface area contributed by atoms with Gasteiger partial charge in [-0.15, -0.1) is 13.2 Å². The Morgan fingerprint density at radius 3 is 2.71 bits per heavy atom. The van der Waals surface area contributed by atoms with E-state index in [0.29, 0.717) is 6.61 Å². The molecule has 5 nitrogen and oxygen atoms in total. The maximum atomic E-state index is 12.3. The van der Waals surface area contributed by atoms with Gasteiger partial charge >= 0.3 is 6.36 Å². The van der Waals surface area contributed by atoms with Gasteiger partial charge in [0.05, 0.1) is 24.8 Å². The van der Waals surface area contributed by atoms with Crippen molar-refractivity contribution in [1.82, 2.24) is 5.32 Å². The number of ether oxygens (including phenoxy) is 2. The zero-order valence-corrected chi connectivity index (χ0v) is 11.2. The van der Waals surface area contributed by atoms with E-state index in [9.17, 15) is 18.0 Å². The summed E-state index contributed by atoms with van der Waals surface area (Å²) in [5.41, 5.74) is -0.0263. The van der Waals surface area contributed by atoms with Gasteiger partial charge in [0.15, 0.2) is 5.75 Å². The summed E-state index contributed by atoms with van der Waals surface area (Å²) in [6.07, 6.45) is -4.81. The molecule has 0 aliphatic carbocycles. The average molecular weight is 304 g/mol. The van der Waals surface area contributed by atoms with Crippen LogP contribution in [0.15, 0.2) is 24.3 Å². The van der Waals surface area contributed by atoms with Crippen molar-refractivity contribution in [3.05, 3.63) is 24.3 Å². The van der Waals surface area contributed by atoms with Crippen LogP contribution < -0.4 is 15.4 Å². The first-order chi connectivity index (χ1) is 9.90. The van der Waals surface area contributed by atoms with Crippen molar-refractivity contribution < 1.29 is 27.4 Å². The highest BCUT2D eigenvalue weighted by molar-refractivity contribution is 5.94. The smallest absolute Gasteiger partial charge is 0.404 e. The minimum atomic E-state index is -4.81. The van der Waals surface area contributed by atoms with Crippen LogP contribution in [0.1, 0.15) is 0 Å². The number of para-hydroxylation sites is 2. The Hall–Kier alpha value is -1.80. The fourth-order valence-corrected chi connectivity index (χ4v) is 2.11. The van der Waals surface area contributed by atoms with Crippen LogP contribution in [0.4, 0.5) is 18.9 Å². The average Bonchev–Trinajstić information content (AvgIpc) is 2.87. The summed E-state index contributed by atoms with van der Waals surface area (Å²) >= 11 is 0. The molecule has 2 N–H and O–H groups in total. The topological polar surface area (TPSA) is 59.6 Å². The molecule has 1 aromatic carbocycles. The molecule has 116 valence electrons. The maximum Gasteiger partial charge on any atom is 0.573 e. The third-order valence-electron chi connectivity index (χ3n) is 3.16. The molecule has 1 saturated heterocycles. The van der Waals surface area contributed by atoms with Crippen molar-refractivity contribution in [2.75, 3.05) is 25.6 Å². The molecule has 1 aliphatic rings. The number of hydrogen-bond donors (Lipinski definition) is 2. The lowest BCUT2D eigenvalue weighted by atomic mass is 10.0. The lowest BCUT2D eigenvalue weighted by Crippen LogP contribution is -2.39. The van der Waals surface area contributed by atoms with E-state index in [1.807, 2.05) is 0 Å². The lowest BCUT2D eigenvalue weighted by Gasteiger charge is -2.18. The summed E-state index contributed by atoms with van der Waals surface area (Å²) < 4.78 is 46.0. The van der Waals surface area contributed by atoms with E-state index in [-0.39, 0.29) is 18.3 Å². The van der Waals surface area contributed by atoms with Gasteiger partial charge in [0.1, 0.15) is 0 Å². The summed E-state index contributed by atoms with van der Waals surface area (Å²) in [4.78, 5) is 12.1. The zero-order valence-electron chi connectivity index (χ0n) is 11.2. The molecule has 0 aromatic heterocycles. The van der Waals surface area contributed by atoms with Crippen molar-refractivity contribution in [3.63, 3.8) is 0 Å². The number of amides is 1. The molecular weight excluding hydrogens is 289 g/mol. The van der Waals surface area contributed by atoms with E-state index in [0.717, 1.165) is 6.07 Å². The summed E-state index contributed by atoms with van der Waals surface area (Å²) in [5.74, 6) is -1.32. The predicted molar refractivity (Wildman–Crippen MR) is 68.9 cm³/mol. The van der Waals surface area contributed by atoms with Crippen molar-refractivity contribution in [2.24, 2.45) is 5.92 Å². The van der Waals surface area contributed by atoms with Gasteiger partial charge in [-0.3, -0.25) is 4.79 Å². The van der Waals surface area contributed by atoms with Gasteiger partial charge in [0.2, 0.25) is 5.91 Å². The van der Waals surface area contributed by atoms with E-state index >= 15 is 0 Å². The molecule has 0 radical (unpaired) electrons. The molecule has 1 fully saturated rings. The lowest BCUT2D eigenvalue weighted by molar-refractivity contribution is -0.274. The number of likely N-dealkylation sites (N-methyl/N-ethyl adjacent to an activating group) is 1. The standard InChI is InChI=1S/C13H15F3N2O3/c1-17-10-7-20-6-8(10)12(19)18-9-4-2-3-5-11(9)21-13(14,15)16/h2-5,8,10,17H,6-7H2,1H3,(H,18,19). The molecule has 21 heavy (non-hydrogen) atoms. The van der Waals surface area contributed by atoms with Crippen LogP contribution in [-0.4, -0.2) is 38.6 Å². The Morgan fingerprint density at radius 1 is 1.33 bits per heavy atom. The molecule has 2 unspecified atom stereocenters. The third kappa shape index (κ3) is 4.08. The van der Waals surface area contributed by atoms with Gasteiger partial charge in [-0.2, -0.15) is 0 Å². The second kappa shape index (κ2) is 6.31. The Bertz CT molecular complexity index is 508. The van der Waals surface area contributed by atoms with Gasteiger partial charge in [-0.05, 0) is 19.2 Å². The molecule has 0 spiro atoms. The molecule has 1 aliphatic heterocycles. The zero-order chi connectivity index (χ0) is 15.5. The van der Waals surface area contributed by atoms with Crippen LogP contribution >= 0.6 is 0 Å². The van der Waals surface area contributed by atoms with Crippen LogP contribution in [0.2, 0.25) is 0 Å². The van der Waals surface area contributed by atoms with Crippen molar-refractivity contribution in [3.8, 4) is 5.75 Å². The van der Waals surface area contributed by atoms with Crippen molar-refractivity contribution >= 4 is 11.6 Å². The van der Waals surface area contributed by atoms with Crippen LogP contribution in [0, 0.1) is 5.92 Å².